The zero-order chi connectivity index (χ0) is 12.0. The second-order valence-electron chi connectivity index (χ2n) is 4.89. The van der Waals surface area contributed by atoms with Crippen LogP contribution in [0.5, 0.6) is 0 Å². The second-order valence-corrected chi connectivity index (χ2v) is 6.76. The molecule has 4 nitrogen and oxygen atoms in total. The van der Waals surface area contributed by atoms with Crippen molar-refractivity contribution in [2.75, 3.05) is 12.3 Å². The van der Waals surface area contributed by atoms with Gasteiger partial charge in [0.2, 0.25) is 10.0 Å². The van der Waals surface area contributed by atoms with Crippen molar-refractivity contribution in [3.63, 3.8) is 0 Å². The SMILES string of the molecule is CC1CCC(NS(=O)(=O)CCCCN)CC1. The first-order valence-electron chi connectivity index (χ1n) is 6.23. The predicted molar refractivity (Wildman–Crippen MR) is 66.6 cm³/mol. The summed E-state index contributed by atoms with van der Waals surface area (Å²) < 4.78 is 26.2. The minimum atomic E-state index is -3.08. The normalized spacial score (nSPS) is 26.9. The first-order valence-corrected chi connectivity index (χ1v) is 7.89. The molecule has 0 aromatic heterocycles. The van der Waals surface area contributed by atoms with E-state index in [1.807, 2.05) is 0 Å². The molecule has 1 saturated carbocycles. The van der Waals surface area contributed by atoms with Crippen molar-refractivity contribution in [2.45, 2.75) is 51.5 Å². The Morgan fingerprint density at radius 2 is 1.81 bits per heavy atom. The molecule has 96 valence electrons. The van der Waals surface area contributed by atoms with E-state index in [1.54, 1.807) is 0 Å². The predicted octanol–water partition coefficient (Wildman–Crippen LogP) is 1.22. The molecule has 16 heavy (non-hydrogen) atoms. The van der Waals surface area contributed by atoms with E-state index in [-0.39, 0.29) is 11.8 Å². The summed E-state index contributed by atoms with van der Waals surface area (Å²) in [6, 6.07) is 0.166. The molecule has 0 amide bonds. The van der Waals surface area contributed by atoms with E-state index in [1.165, 1.54) is 0 Å². The summed E-state index contributed by atoms with van der Waals surface area (Å²) in [6.45, 7) is 2.79. The third kappa shape index (κ3) is 5.27. The van der Waals surface area contributed by atoms with Crippen molar-refractivity contribution >= 4 is 10.0 Å². The molecule has 0 aromatic carbocycles. The second kappa shape index (κ2) is 6.57. The molecular formula is C11H24N2O2S. The summed E-state index contributed by atoms with van der Waals surface area (Å²) in [5.41, 5.74) is 5.34. The summed E-state index contributed by atoms with van der Waals surface area (Å²) in [5, 5.41) is 0. The van der Waals surface area contributed by atoms with E-state index in [2.05, 4.69) is 11.6 Å². The van der Waals surface area contributed by atoms with Crippen LogP contribution < -0.4 is 10.5 Å². The standard InChI is InChI=1S/C11H24N2O2S/c1-10-4-6-11(7-5-10)13-16(14,15)9-3-2-8-12/h10-11,13H,2-9,12H2,1H3. The van der Waals surface area contributed by atoms with Crippen LogP contribution in [-0.4, -0.2) is 26.8 Å². The lowest BCUT2D eigenvalue weighted by Gasteiger charge is -2.26. The molecule has 5 heteroatoms. The number of nitrogens with one attached hydrogen (secondary N) is 1. The molecule has 0 aliphatic heterocycles. The van der Waals surface area contributed by atoms with Crippen molar-refractivity contribution in [1.29, 1.82) is 0 Å². The van der Waals surface area contributed by atoms with Gasteiger partial charge in [-0.15, -0.1) is 0 Å². The fourth-order valence-corrected chi connectivity index (χ4v) is 3.57. The number of sulfonamides is 1. The van der Waals surface area contributed by atoms with Gasteiger partial charge >= 0.3 is 0 Å². The fraction of sp³-hybridized carbons (Fsp3) is 1.00. The van der Waals surface area contributed by atoms with Gasteiger partial charge in [0.15, 0.2) is 0 Å². The molecule has 0 atom stereocenters. The highest BCUT2D eigenvalue weighted by Gasteiger charge is 2.22. The summed E-state index contributed by atoms with van der Waals surface area (Å²) >= 11 is 0. The molecule has 0 spiro atoms. The van der Waals surface area contributed by atoms with Crippen LogP contribution >= 0.6 is 0 Å². The molecule has 1 rings (SSSR count). The molecule has 0 unspecified atom stereocenters. The van der Waals surface area contributed by atoms with Gasteiger partial charge in [-0.1, -0.05) is 6.92 Å². The Hall–Kier alpha value is -0.130. The monoisotopic (exact) mass is 248 g/mol. The Kier molecular flexibility index (Phi) is 5.72. The van der Waals surface area contributed by atoms with Crippen LogP contribution in [0, 0.1) is 5.92 Å². The summed E-state index contributed by atoms with van der Waals surface area (Å²) in [4.78, 5) is 0. The maximum absolute atomic E-state index is 11.7. The van der Waals surface area contributed by atoms with Crippen LogP contribution in [0.2, 0.25) is 0 Å². The number of hydrogen-bond acceptors (Lipinski definition) is 3. The molecule has 1 fully saturated rings. The lowest BCUT2D eigenvalue weighted by atomic mass is 9.88. The molecular weight excluding hydrogens is 224 g/mol. The lowest BCUT2D eigenvalue weighted by Crippen LogP contribution is -2.38. The van der Waals surface area contributed by atoms with Crippen molar-refractivity contribution in [1.82, 2.24) is 4.72 Å². The van der Waals surface area contributed by atoms with Gasteiger partial charge in [-0.3, -0.25) is 0 Å². The quantitative estimate of drug-likeness (QED) is 0.694. The molecule has 0 saturated heterocycles. The van der Waals surface area contributed by atoms with Gasteiger partial charge in [0.1, 0.15) is 0 Å². The van der Waals surface area contributed by atoms with Gasteiger partial charge < -0.3 is 5.73 Å². The zero-order valence-electron chi connectivity index (χ0n) is 10.1. The highest BCUT2D eigenvalue weighted by atomic mass is 32.2. The first-order chi connectivity index (χ1) is 7.53. The highest BCUT2D eigenvalue weighted by molar-refractivity contribution is 7.89. The smallest absolute Gasteiger partial charge is 0.211 e. The van der Waals surface area contributed by atoms with Crippen LogP contribution in [0.1, 0.15) is 45.4 Å². The van der Waals surface area contributed by atoms with Gasteiger partial charge in [0.05, 0.1) is 5.75 Å². The fourth-order valence-electron chi connectivity index (χ4n) is 2.13. The minimum absolute atomic E-state index is 0.166. The number of hydrogen-bond donors (Lipinski definition) is 2. The van der Waals surface area contributed by atoms with Gasteiger partial charge in [0.25, 0.3) is 0 Å². The Morgan fingerprint density at radius 3 is 2.38 bits per heavy atom. The van der Waals surface area contributed by atoms with E-state index in [4.69, 9.17) is 5.73 Å². The van der Waals surface area contributed by atoms with Crippen molar-refractivity contribution in [3.8, 4) is 0 Å². The van der Waals surface area contributed by atoms with E-state index in [0.717, 1.165) is 38.0 Å². The zero-order valence-corrected chi connectivity index (χ0v) is 10.9. The van der Waals surface area contributed by atoms with Crippen LogP contribution in [0.15, 0.2) is 0 Å². The molecule has 3 N–H and O–H groups in total. The largest absolute Gasteiger partial charge is 0.330 e. The number of rotatable bonds is 6. The summed E-state index contributed by atoms with van der Waals surface area (Å²) in [6.07, 6.45) is 5.68. The van der Waals surface area contributed by atoms with Crippen molar-refractivity contribution in [2.24, 2.45) is 11.7 Å². The Bertz CT molecular complexity index is 282. The van der Waals surface area contributed by atoms with E-state index < -0.39 is 10.0 Å². The van der Waals surface area contributed by atoms with Crippen LogP contribution in [0.4, 0.5) is 0 Å². The number of unbranched alkanes of at least 4 members (excludes halogenated alkanes) is 1. The Morgan fingerprint density at radius 1 is 1.19 bits per heavy atom. The third-order valence-electron chi connectivity index (χ3n) is 3.23. The Balaban J connectivity index is 2.29. The lowest BCUT2D eigenvalue weighted by molar-refractivity contribution is 0.332. The summed E-state index contributed by atoms with van der Waals surface area (Å²) in [7, 11) is -3.08. The maximum Gasteiger partial charge on any atom is 0.211 e. The van der Waals surface area contributed by atoms with Crippen LogP contribution in [0.25, 0.3) is 0 Å². The summed E-state index contributed by atoms with van der Waals surface area (Å²) in [5.74, 6) is 0.967. The molecule has 0 radical (unpaired) electrons. The Labute approximate surface area is 99.0 Å². The molecule has 1 aliphatic rings. The topological polar surface area (TPSA) is 72.2 Å². The highest BCUT2D eigenvalue weighted by Crippen LogP contribution is 2.23. The van der Waals surface area contributed by atoms with Gasteiger partial charge in [-0.2, -0.15) is 0 Å². The van der Waals surface area contributed by atoms with Gasteiger partial charge in [-0.05, 0) is 51.0 Å². The first kappa shape index (κ1) is 13.9. The van der Waals surface area contributed by atoms with E-state index in [0.29, 0.717) is 13.0 Å². The van der Waals surface area contributed by atoms with Crippen molar-refractivity contribution in [3.05, 3.63) is 0 Å². The van der Waals surface area contributed by atoms with Gasteiger partial charge in [-0.25, -0.2) is 13.1 Å². The maximum atomic E-state index is 11.7. The van der Waals surface area contributed by atoms with Crippen molar-refractivity contribution < 1.29 is 8.42 Å². The molecule has 1 aliphatic carbocycles. The molecule has 0 bridgehead atoms. The van der Waals surface area contributed by atoms with Crippen LogP contribution in [0.3, 0.4) is 0 Å². The average Bonchev–Trinajstić information content (AvgIpc) is 2.21. The van der Waals surface area contributed by atoms with E-state index >= 15 is 0 Å². The molecule has 0 heterocycles. The molecule has 0 aromatic rings. The minimum Gasteiger partial charge on any atom is -0.330 e. The van der Waals surface area contributed by atoms with E-state index in [9.17, 15) is 8.42 Å². The van der Waals surface area contributed by atoms with Crippen LogP contribution in [-0.2, 0) is 10.0 Å². The average molecular weight is 248 g/mol. The van der Waals surface area contributed by atoms with Gasteiger partial charge in [0, 0.05) is 6.04 Å². The number of nitrogens with two attached hydrogens (primary N) is 1. The third-order valence-corrected chi connectivity index (χ3v) is 4.75.